The summed E-state index contributed by atoms with van der Waals surface area (Å²) in [5, 5.41) is 6.18. The Balaban J connectivity index is 0.000000845. The maximum atomic E-state index is 4.26. The van der Waals surface area contributed by atoms with Gasteiger partial charge in [0, 0.05) is 23.4 Å². The summed E-state index contributed by atoms with van der Waals surface area (Å²) in [6.45, 7) is 2.33. The number of piperidine rings is 1. The lowest BCUT2D eigenvalue weighted by atomic mass is 10.2. The fourth-order valence-corrected chi connectivity index (χ4v) is 3.38. The van der Waals surface area contributed by atoms with Crippen molar-refractivity contribution in [3.63, 3.8) is 0 Å². The zero-order valence-electron chi connectivity index (χ0n) is 7.23. The van der Waals surface area contributed by atoms with E-state index in [2.05, 4.69) is 10.3 Å². The summed E-state index contributed by atoms with van der Waals surface area (Å²) in [4.78, 5) is 4.26. The predicted octanol–water partition coefficient (Wildman–Crippen LogP) is 2.41. The Kier molecular flexibility index (Phi) is 5.09. The van der Waals surface area contributed by atoms with E-state index in [0.29, 0.717) is 0 Å². The molecule has 0 spiro atoms. The number of nitrogens with one attached hydrogen (secondary N) is 1. The molecule has 1 unspecified atom stereocenters. The molecule has 0 bridgehead atoms. The zero-order chi connectivity index (χ0) is 8.23. The second-order valence-corrected chi connectivity index (χ2v) is 5.33. The van der Waals surface area contributed by atoms with E-state index in [1.807, 2.05) is 23.3 Å². The van der Waals surface area contributed by atoms with Crippen molar-refractivity contribution in [2.24, 2.45) is 0 Å². The molecule has 1 saturated heterocycles. The van der Waals surface area contributed by atoms with Crippen LogP contribution in [0, 0.1) is 0 Å². The maximum Gasteiger partial charge on any atom is 0.150 e. The second kappa shape index (κ2) is 5.86. The van der Waals surface area contributed by atoms with Crippen LogP contribution in [0.2, 0.25) is 0 Å². The third-order valence-corrected chi connectivity index (χ3v) is 4.11. The van der Waals surface area contributed by atoms with E-state index in [-0.39, 0.29) is 12.4 Å². The van der Waals surface area contributed by atoms with E-state index >= 15 is 0 Å². The number of hydrogen-bond donors (Lipinski definition) is 1. The minimum absolute atomic E-state index is 0. The van der Waals surface area contributed by atoms with Gasteiger partial charge in [-0.2, -0.15) is 0 Å². The minimum atomic E-state index is 0. The summed E-state index contributed by atoms with van der Waals surface area (Å²) in [7, 11) is 0. The molecule has 2 nitrogen and oxygen atoms in total. The standard InChI is InChI=1S/C8H12N2S2.ClH/c1-2-7(6-9-3-1)12-8-10-4-5-11-8;/h4-5,7,9H,1-3,6H2;1H. The Bertz CT molecular complexity index is 222. The van der Waals surface area contributed by atoms with Crippen molar-refractivity contribution in [2.75, 3.05) is 13.1 Å². The van der Waals surface area contributed by atoms with Crippen LogP contribution in [0.15, 0.2) is 15.9 Å². The number of thioether (sulfide) groups is 1. The van der Waals surface area contributed by atoms with Crippen LogP contribution in [0.5, 0.6) is 0 Å². The Morgan fingerprint density at radius 1 is 1.62 bits per heavy atom. The molecule has 0 aromatic carbocycles. The first kappa shape index (κ1) is 11.3. The molecule has 1 atom stereocenters. The van der Waals surface area contributed by atoms with Gasteiger partial charge < -0.3 is 5.32 Å². The normalized spacial score (nSPS) is 22.3. The van der Waals surface area contributed by atoms with E-state index in [0.717, 1.165) is 11.8 Å². The lowest BCUT2D eigenvalue weighted by Crippen LogP contribution is -2.31. The van der Waals surface area contributed by atoms with E-state index in [1.54, 1.807) is 11.3 Å². The van der Waals surface area contributed by atoms with Crippen LogP contribution in [0.25, 0.3) is 0 Å². The lowest BCUT2D eigenvalue weighted by Gasteiger charge is -2.20. The number of rotatable bonds is 2. The largest absolute Gasteiger partial charge is 0.316 e. The number of halogens is 1. The van der Waals surface area contributed by atoms with Crippen molar-refractivity contribution in [1.29, 1.82) is 0 Å². The quantitative estimate of drug-likeness (QED) is 0.854. The van der Waals surface area contributed by atoms with Gasteiger partial charge in [0.05, 0.1) is 0 Å². The van der Waals surface area contributed by atoms with Gasteiger partial charge in [-0.05, 0) is 19.4 Å². The highest BCUT2D eigenvalue weighted by atomic mass is 35.5. The maximum absolute atomic E-state index is 4.26. The molecule has 0 amide bonds. The van der Waals surface area contributed by atoms with Gasteiger partial charge in [-0.15, -0.1) is 23.7 Å². The molecule has 1 aliphatic rings. The summed E-state index contributed by atoms with van der Waals surface area (Å²) in [6, 6.07) is 0. The molecule has 13 heavy (non-hydrogen) atoms. The highest BCUT2D eigenvalue weighted by molar-refractivity contribution is 8.01. The molecule has 0 radical (unpaired) electrons. The van der Waals surface area contributed by atoms with Crippen molar-refractivity contribution in [2.45, 2.75) is 22.4 Å². The van der Waals surface area contributed by atoms with Crippen LogP contribution in [0.3, 0.4) is 0 Å². The van der Waals surface area contributed by atoms with Crippen molar-refractivity contribution < 1.29 is 0 Å². The molecular weight excluding hydrogens is 224 g/mol. The third kappa shape index (κ3) is 3.46. The predicted molar refractivity (Wildman–Crippen MR) is 61.1 cm³/mol. The Hall–Kier alpha value is 0.230. The fourth-order valence-electron chi connectivity index (χ4n) is 1.33. The fraction of sp³-hybridized carbons (Fsp3) is 0.625. The van der Waals surface area contributed by atoms with Crippen molar-refractivity contribution in [3.8, 4) is 0 Å². The third-order valence-electron chi connectivity index (χ3n) is 1.93. The highest BCUT2D eigenvalue weighted by Gasteiger charge is 2.14. The molecule has 0 saturated carbocycles. The van der Waals surface area contributed by atoms with Gasteiger partial charge in [0.2, 0.25) is 0 Å². The van der Waals surface area contributed by atoms with Gasteiger partial charge in [-0.25, -0.2) is 4.98 Å². The number of aromatic nitrogens is 1. The van der Waals surface area contributed by atoms with Crippen LogP contribution >= 0.6 is 35.5 Å². The smallest absolute Gasteiger partial charge is 0.150 e. The van der Waals surface area contributed by atoms with Gasteiger partial charge in [-0.1, -0.05) is 11.8 Å². The summed E-state index contributed by atoms with van der Waals surface area (Å²) in [6.07, 6.45) is 4.52. The Morgan fingerprint density at radius 2 is 2.54 bits per heavy atom. The van der Waals surface area contributed by atoms with E-state index < -0.39 is 0 Å². The van der Waals surface area contributed by atoms with Gasteiger partial charge in [-0.3, -0.25) is 0 Å². The number of hydrogen-bond acceptors (Lipinski definition) is 4. The molecule has 1 aromatic rings. The van der Waals surface area contributed by atoms with Crippen molar-refractivity contribution >= 4 is 35.5 Å². The minimum Gasteiger partial charge on any atom is -0.316 e. The molecule has 1 fully saturated rings. The van der Waals surface area contributed by atoms with Crippen LogP contribution < -0.4 is 5.32 Å². The first-order chi connectivity index (χ1) is 5.95. The van der Waals surface area contributed by atoms with E-state index in [9.17, 15) is 0 Å². The molecule has 1 N–H and O–H groups in total. The van der Waals surface area contributed by atoms with Gasteiger partial charge in [0.25, 0.3) is 0 Å². The topological polar surface area (TPSA) is 24.9 Å². The summed E-state index contributed by atoms with van der Waals surface area (Å²) in [5.74, 6) is 0. The lowest BCUT2D eigenvalue weighted by molar-refractivity contribution is 0.531. The summed E-state index contributed by atoms with van der Waals surface area (Å²) in [5.41, 5.74) is 0. The Morgan fingerprint density at radius 3 is 3.15 bits per heavy atom. The van der Waals surface area contributed by atoms with Gasteiger partial charge in [0.15, 0.2) is 0 Å². The zero-order valence-corrected chi connectivity index (χ0v) is 9.68. The monoisotopic (exact) mass is 236 g/mol. The van der Waals surface area contributed by atoms with Crippen LogP contribution in [-0.2, 0) is 0 Å². The molecular formula is C8H13ClN2S2. The molecule has 74 valence electrons. The number of nitrogens with zero attached hydrogens (tertiary/aromatic N) is 1. The van der Waals surface area contributed by atoms with Crippen molar-refractivity contribution in [1.82, 2.24) is 10.3 Å². The van der Waals surface area contributed by atoms with E-state index in [1.165, 1.54) is 23.7 Å². The molecule has 1 aromatic heterocycles. The van der Waals surface area contributed by atoms with Gasteiger partial charge >= 0.3 is 0 Å². The molecule has 2 heterocycles. The average Bonchev–Trinajstić information content (AvgIpc) is 2.59. The number of thiazole rings is 1. The van der Waals surface area contributed by atoms with Gasteiger partial charge in [0.1, 0.15) is 4.34 Å². The highest BCUT2D eigenvalue weighted by Crippen LogP contribution is 2.28. The Labute approximate surface area is 92.9 Å². The molecule has 2 rings (SSSR count). The van der Waals surface area contributed by atoms with Crippen LogP contribution in [0.1, 0.15) is 12.8 Å². The second-order valence-electron chi connectivity index (χ2n) is 2.88. The molecule has 5 heteroatoms. The average molecular weight is 237 g/mol. The van der Waals surface area contributed by atoms with Crippen LogP contribution in [-0.4, -0.2) is 23.3 Å². The van der Waals surface area contributed by atoms with E-state index in [4.69, 9.17) is 0 Å². The van der Waals surface area contributed by atoms with Crippen molar-refractivity contribution in [3.05, 3.63) is 11.6 Å². The first-order valence-corrected chi connectivity index (χ1v) is 5.98. The van der Waals surface area contributed by atoms with Crippen LogP contribution in [0.4, 0.5) is 0 Å². The summed E-state index contributed by atoms with van der Waals surface area (Å²) >= 11 is 3.66. The SMILES string of the molecule is Cl.c1csc(SC2CCCNC2)n1. The summed E-state index contributed by atoms with van der Waals surface area (Å²) < 4.78 is 1.21. The molecule has 1 aliphatic heterocycles. The first-order valence-electron chi connectivity index (χ1n) is 4.22. The molecule has 0 aliphatic carbocycles.